The highest BCUT2D eigenvalue weighted by Crippen LogP contribution is 2.27. The topological polar surface area (TPSA) is 20.2 Å². The number of rotatable bonds is 1. The number of hydrogen-bond acceptors (Lipinski definition) is 1. The molecule has 0 bridgehead atoms. The molecule has 1 nitrogen and oxygen atoms in total. The van der Waals surface area contributed by atoms with E-state index in [0.29, 0.717) is 12.0 Å². The number of aryl methyl sites for hydroxylation is 1. The molecule has 0 aliphatic heterocycles. The minimum absolute atomic E-state index is 0.0419. The maximum Gasteiger partial charge on any atom is 0.183 e. The largest absolute Gasteiger partial charge is 0.505 e. The zero-order valence-corrected chi connectivity index (χ0v) is 6.82. The lowest BCUT2D eigenvalue weighted by Gasteiger charge is -2.02. The van der Waals surface area contributed by atoms with Gasteiger partial charge in [0.25, 0.3) is 0 Å². The fraction of sp³-hybridized carbons (Fsp3) is 0.250. The lowest BCUT2D eigenvalue weighted by Crippen LogP contribution is -1.85. The average molecular weight is 175 g/mol. The monoisotopic (exact) mass is 174 g/mol. The summed E-state index contributed by atoms with van der Waals surface area (Å²) in [7, 11) is 0. The molecule has 0 aliphatic carbocycles. The number of phenolic OH excluding ortho intramolecular Hbond substituents is 1. The summed E-state index contributed by atoms with van der Waals surface area (Å²) < 4.78 is 12.8. The van der Waals surface area contributed by atoms with Gasteiger partial charge in [-0.2, -0.15) is 0 Å². The third kappa shape index (κ3) is 1.46. The molecule has 60 valence electrons. The Kier molecular flexibility index (Phi) is 2.35. The predicted octanol–water partition coefficient (Wildman–Crippen LogP) is 2.75. The number of hydrogen-bond donors (Lipinski definition) is 1. The van der Waals surface area contributed by atoms with Gasteiger partial charge in [0, 0.05) is 0 Å². The molecule has 0 fully saturated rings. The second-order valence-electron chi connectivity index (χ2n) is 2.22. The Bertz CT molecular complexity index is 273. The van der Waals surface area contributed by atoms with E-state index in [9.17, 15) is 4.39 Å². The van der Waals surface area contributed by atoms with E-state index < -0.39 is 5.82 Å². The van der Waals surface area contributed by atoms with Gasteiger partial charge in [-0.3, -0.25) is 0 Å². The molecular weight excluding hydrogens is 167 g/mol. The van der Waals surface area contributed by atoms with Crippen LogP contribution >= 0.6 is 11.6 Å². The van der Waals surface area contributed by atoms with Gasteiger partial charge in [-0.05, 0) is 18.1 Å². The normalized spacial score (nSPS) is 10.1. The maximum absolute atomic E-state index is 12.8. The van der Waals surface area contributed by atoms with Crippen molar-refractivity contribution in [1.82, 2.24) is 0 Å². The van der Waals surface area contributed by atoms with Crippen molar-refractivity contribution < 1.29 is 9.50 Å². The first kappa shape index (κ1) is 8.34. The van der Waals surface area contributed by atoms with Crippen LogP contribution in [0.5, 0.6) is 5.75 Å². The van der Waals surface area contributed by atoms with Crippen molar-refractivity contribution in [1.29, 1.82) is 0 Å². The highest BCUT2D eigenvalue weighted by atomic mass is 35.5. The molecule has 0 aliphatic rings. The zero-order chi connectivity index (χ0) is 8.43. The van der Waals surface area contributed by atoms with E-state index in [2.05, 4.69) is 0 Å². The van der Waals surface area contributed by atoms with Crippen molar-refractivity contribution >= 4 is 11.6 Å². The molecule has 0 unspecified atom stereocenters. The van der Waals surface area contributed by atoms with Crippen LogP contribution in [0.4, 0.5) is 4.39 Å². The van der Waals surface area contributed by atoms with Gasteiger partial charge in [0.15, 0.2) is 11.6 Å². The van der Waals surface area contributed by atoms with Crippen LogP contribution in [0.3, 0.4) is 0 Å². The quantitative estimate of drug-likeness (QED) is 0.694. The highest BCUT2D eigenvalue weighted by molar-refractivity contribution is 6.30. The Hall–Kier alpha value is -0.760. The van der Waals surface area contributed by atoms with E-state index in [1.807, 2.05) is 6.92 Å². The molecule has 0 amide bonds. The standard InChI is InChI=1S/C8H8ClFO/c1-2-5-3-4-6(9)7(10)8(5)11/h3-4,11H,2H2,1H3. The van der Waals surface area contributed by atoms with Crippen molar-refractivity contribution in [2.75, 3.05) is 0 Å². The van der Waals surface area contributed by atoms with Gasteiger partial charge in [-0.15, -0.1) is 0 Å². The molecule has 0 aromatic heterocycles. The number of phenols is 1. The lowest BCUT2D eigenvalue weighted by atomic mass is 10.1. The maximum atomic E-state index is 12.8. The summed E-state index contributed by atoms with van der Waals surface area (Å²) in [5.41, 5.74) is 0.576. The van der Waals surface area contributed by atoms with E-state index in [1.54, 1.807) is 6.07 Å². The van der Waals surface area contributed by atoms with Crippen molar-refractivity contribution in [3.63, 3.8) is 0 Å². The zero-order valence-electron chi connectivity index (χ0n) is 6.06. The molecule has 0 atom stereocenters. The Labute approximate surface area is 69.4 Å². The summed E-state index contributed by atoms with van der Waals surface area (Å²) in [6, 6.07) is 3.05. The molecule has 1 aromatic rings. The van der Waals surface area contributed by atoms with E-state index in [0.717, 1.165) is 0 Å². The molecule has 0 saturated heterocycles. The summed E-state index contributed by atoms with van der Waals surface area (Å²) >= 11 is 5.41. The van der Waals surface area contributed by atoms with Gasteiger partial charge in [-0.1, -0.05) is 24.6 Å². The summed E-state index contributed by atoms with van der Waals surface area (Å²) in [5, 5.41) is 9.08. The summed E-state index contributed by atoms with van der Waals surface area (Å²) in [5.74, 6) is -1.06. The van der Waals surface area contributed by atoms with E-state index in [4.69, 9.17) is 16.7 Å². The average Bonchev–Trinajstić information content (AvgIpc) is 2.01. The summed E-state index contributed by atoms with van der Waals surface area (Å²) in [6.45, 7) is 1.84. The van der Waals surface area contributed by atoms with E-state index >= 15 is 0 Å². The van der Waals surface area contributed by atoms with Crippen molar-refractivity contribution in [2.24, 2.45) is 0 Å². The van der Waals surface area contributed by atoms with Crippen LogP contribution in [-0.2, 0) is 6.42 Å². The van der Waals surface area contributed by atoms with Crippen LogP contribution in [0.15, 0.2) is 12.1 Å². The lowest BCUT2D eigenvalue weighted by molar-refractivity contribution is 0.426. The van der Waals surface area contributed by atoms with E-state index in [-0.39, 0.29) is 10.8 Å². The molecule has 1 N–H and O–H groups in total. The highest BCUT2D eigenvalue weighted by Gasteiger charge is 2.08. The van der Waals surface area contributed by atoms with Gasteiger partial charge in [-0.25, -0.2) is 4.39 Å². The first-order valence-corrected chi connectivity index (χ1v) is 3.70. The molecule has 3 heteroatoms. The predicted molar refractivity (Wildman–Crippen MR) is 42.5 cm³/mol. The van der Waals surface area contributed by atoms with Crippen LogP contribution in [0, 0.1) is 5.82 Å². The fourth-order valence-electron chi connectivity index (χ4n) is 0.865. The molecule has 0 spiro atoms. The first-order valence-electron chi connectivity index (χ1n) is 3.32. The van der Waals surface area contributed by atoms with Crippen molar-refractivity contribution in [3.05, 3.63) is 28.5 Å². The minimum Gasteiger partial charge on any atom is -0.505 e. The number of aromatic hydroxyl groups is 1. The van der Waals surface area contributed by atoms with Crippen molar-refractivity contribution in [2.45, 2.75) is 13.3 Å². The third-order valence-corrected chi connectivity index (χ3v) is 1.83. The Morgan fingerprint density at radius 1 is 1.55 bits per heavy atom. The van der Waals surface area contributed by atoms with Gasteiger partial charge >= 0.3 is 0 Å². The Balaban J connectivity index is 3.25. The summed E-state index contributed by atoms with van der Waals surface area (Å²) in [6.07, 6.45) is 0.597. The minimum atomic E-state index is -0.731. The van der Waals surface area contributed by atoms with Crippen LogP contribution < -0.4 is 0 Å². The van der Waals surface area contributed by atoms with Gasteiger partial charge in [0.2, 0.25) is 0 Å². The molecule has 0 saturated carbocycles. The van der Waals surface area contributed by atoms with Crippen LogP contribution in [0.1, 0.15) is 12.5 Å². The third-order valence-electron chi connectivity index (χ3n) is 1.53. The Morgan fingerprint density at radius 2 is 2.18 bits per heavy atom. The smallest absolute Gasteiger partial charge is 0.183 e. The van der Waals surface area contributed by atoms with Crippen molar-refractivity contribution in [3.8, 4) is 5.75 Å². The Morgan fingerprint density at radius 3 is 2.73 bits per heavy atom. The van der Waals surface area contributed by atoms with E-state index in [1.165, 1.54) is 6.07 Å². The number of benzene rings is 1. The van der Waals surface area contributed by atoms with Crippen LogP contribution in [-0.4, -0.2) is 5.11 Å². The second kappa shape index (κ2) is 3.09. The van der Waals surface area contributed by atoms with Crippen LogP contribution in [0.25, 0.3) is 0 Å². The molecule has 0 radical (unpaired) electrons. The molecule has 0 heterocycles. The number of halogens is 2. The molecular formula is C8H8ClFO. The molecule has 1 aromatic carbocycles. The summed E-state index contributed by atoms with van der Waals surface area (Å²) in [4.78, 5) is 0. The van der Waals surface area contributed by atoms with Gasteiger partial charge < -0.3 is 5.11 Å². The van der Waals surface area contributed by atoms with Gasteiger partial charge in [0.05, 0.1) is 5.02 Å². The second-order valence-corrected chi connectivity index (χ2v) is 2.63. The van der Waals surface area contributed by atoms with Crippen LogP contribution in [0.2, 0.25) is 5.02 Å². The fourth-order valence-corrected chi connectivity index (χ4v) is 1.02. The SMILES string of the molecule is CCc1ccc(Cl)c(F)c1O. The van der Waals surface area contributed by atoms with Gasteiger partial charge in [0.1, 0.15) is 0 Å². The molecule has 11 heavy (non-hydrogen) atoms. The first-order chi connectivity index (χ1) is 5.16. The molecule has 1 rings (SSSR count).